The van der Waals surface area contributed by atoms with Gasteiger partial charge in [-0.3, -0.25) is 14.6 Å². The van der Waals surface area contributed by atoms with Crippen molar-refractivity contribution in [3.63, 3.8) is 0 Å². The van der Waals surface area contributed by atoms with Crippen molar-refractivity contribution < 1.29 is 0 Å². The third-order valence-electron chi connectivity index (χ3n) is 5.27. The van der Waals surface area contributed by atoms with Gasteiger partial charge in [0.25, 0.3) is 0 Å². The maximum atomic E-state index is 4.91. The molecule has 1 fully saturated rings. The fraction of sp³-hybridized carbons (Fsp3) is 0.364. The summed E-state index contributed by atoms with van der Waals surface area (Å²) >= 11 is 0. The Morgan fingerprint density at radius 2 is 1.96 bits per heavy atom. The molecule has 1 N–H and O–H groups in total. The van der Waals surface area contributed by atoms with Crippen LogP contribution in [-0.2, 0) is 13.1 Å². The van der Waals surface area contributed by atoms with E-state index in [1.165, 1.54) is 24.0 Å². The zero-order valence-corrected chi connectivity index (χ0v) is 17.1. The lowest BCUT2D eigenvalue weighted by Gasteiger charge is -2.32. The van der Waals surface area contributed by atoms with E-state index < -0.39 is 0 Å². The van der Waals surface area contributed by atoms with Crippen molar-refractivity contribution in [1.29, 1.82) is 0 Å². The topological polar surface area (TPSA) is 46.0 Å². The molecule has 148 valence electrons. The predicted octanol–water partition coefficient (Wildman–Crippen LogP) is 3.60. The molecule has 1 aliphatic heterocycles. The zero-order valence-electron chi connectivity index (χ0n) is 16.3. The summed E-state index contributed by atoms with van der Waals surface area (Å²) in [6, 6.07) is 15.2. The fourth-order valence-electron chi connectivity index (χ4n) is 3.85. The van der Waals surface area contributed by atoms with Gasteiger partial charge in [-0.05, 0) is 44.1 Å². The minimum absolute atomic E-state index is 0. The summed E-state index contributed by atoms with van der Waals surface area (Å²) in [5.41, 5.74) is 4.67. The Bertz CT molecular complexity index is 850. The average Bonchev–Trinajstić information content (AvgIpc) is 3.11. The Balaban J connectivity index is 0.00000225. The van der Waals surface area contributed by atoms with Gasteiger partial charge in [0.05, 0.1) is 12.2 Å². The van der Waals surface area contributed by atoms with Crippen LogP contribution >= 0.6 is 12.4 Å². The molecule has 4 rings (SSSR count). The van der Waals surface area contributed by atoms with Crippen molar-refractivity contribution in [2.24, 2.45) is 0 Å². The van der Waals surface area contributed by atoms with E-state index in [4.69, 9.17) is 5.10 Å². The monoisotopic (exact) mass is 397 g/mol. The molecule has 6 heteroatoms. The second-order valence-corrected chi connectivity index (χ2v) is 7.29. The van der Waals surface area contributed by atoms with E-state index in [0.717, 1.165) is 37.4 Å². The number of hydrogen-bond donors (Lipinski definition) is 1. The molecule has 1 unspecified atom stereocenters. The van der Waals surface area contributed by atoms with Gasteiger partial charge in [-0.2, -0.15) is 5.10 Å². The first-order chi connectivity index (χ1) is 13.3. The minimum atomic E-state index is 0. The maximum Gasteiger partial charge on any atom is 0.0983 e. The lowest BCUT2D eigenvalue weighted by Crippen LogP contribution is -2.43. The lowest BCUT2D eigenvalue weighted by atomic mass is 10.0. The van der Waals surface area contributed by atoms with Gasteiger partial charge in [-0.1, -0.05) is 30.3 Å². The van der Waals surface area contributed by atoms with Crippen LogP contribution in [0.4, 0.5) is 0 Å². The Kier molecular flexibility index (Phi) is 7.20. The van der Waals surface area contributed by atoms with Crippen molar-refractivity contribution in [2.75, 3.05) is 20.1 Å². The lowest BCUT2D eigenvalue weighted by molar-refractivity contribution is 0.188. The van der Waals surface area contributed by atoms with Crippen LogP contribution in [0.3, 0.4) is 0 Å². The Morgan fingerprint density at radius 3 is 2.71 bits per heavy atom. The smallest absolute Gasteiger partial charge is 0.0983 e. The molecule has 1 saturated heterocycles. The first-order valence-electron chi connectivity index (χ1n) is 9.72. The second kappa shape index (κ2) is 9.82. The molecule has 0 amide bonds. The molecule has 0 radical (unpaired) electrons. The number of pyridine rings is 1. The van der Waals surface area contributed by atoms with Gasteiger partial charge < -0.3 is 5.32 Å². The normalized spacial score (nSPS) is 17.2. The number of rotatable bonds is 6. The Morgan fingerprint density at radius 1 is 1.11 bits per heavy atom. The SMILES string of the molecule is CNC1CCCN(Cc2cn(Cc3ccccc3)nc2-c2cccnc2)C1.Cl. The quantitative estimate of drug-likeness (QED) is 0.690. The predicted molar refractivity (Wildman–Crippen MR) is 116 cm³/mol. The molecule has 1 aromatic carbocycles. The van der Waals surface area contributed by atoms with E-state index in [1.807, 2.05) is 24.5 Å². The highest BCUT2D eigenvalue weighted by molar-refractivity contribution is 5.85. The summed E-state index contributed by atoms with van der Waals surface area (Å²) in [5.74, 6) is 0. The van der Waals surface area contributed by atoms with E-state index >= 15 is 0 Å². The average molecular weight is 398 g/mol. The summed E-state index contributed by atoms with van der Waals surface area (Å²) in [6.07, 6.45) is 8.43. The highest BCUT2D eigenvalue weighted by atomic mass is 35.5. The minimum Gasteiger partial charge on any atom is -0.316 e. The number of likely N-dealkylation sites (tertiary alicyclic amines) is 1. The molecule has 3 aromatic rings. The molecule has 0 spiro atoms. The summed E-state index contributed by atoms with van der Waals surface area (Å²) in [5, 5.41) is 8.35. The van der Waals surface area contributed by atoms with Gasteiger partial charge in [0.2, 0.25) is 0 Å². The molecule has 28 heavy (non-hydrogen) atoms. The third kappa shape index (κ3) is 4.98. The molecule has 2 aromatic heterocycles. The van der Waals surface area contributed by atoms with Gasteiger partial charge >= 0.3 is 0 Å². The molecule has 0 aliphatic carbocycles. The zero-order chi connectivity index (χ0) is 18.5. The van der Waals surface area contributed by atoms with Crippen molar-refractivity contribution in [1.82, 2.24) is 25.0 Å². The molecule has 5 nitrogen and oxygen atoms in total. The van der Waals surface area contributed by atoms with Crippen molar-refractivity contribution in [3.8, 4) is 11.3 Å². The van der Waals surface area contributed by atoms with Crippen LogP contribution in [0, 0.1) is 0 Å². The van der Waals surface area contributed by atoms with E-state index in [2.05, 4.69) is 63.5 Å². The van der Waals surface area contributed by atoms with Crippen LogP contribution in [-0.4, -0.2) is 45.8 Å². The first kappa shape index (κ1) is 20.5. The number of piperidine rings is 1. The summed E-state index contributed by atoms with van der Waals surface area (Å²) in [6.45, 7) is 3.95. The Hall–Kier alpha value is -2.21. The number of nitrogens with zero attached hydrogens (tertiary/aromatic N) is 4. The van der Waals surface area contributed by atoms with Crippen LogP contribution < -0.4 is 5.32 Å². The highest BCUT2D eigenvalue weighted by Gasteiger charge is 2.21. The van der Waals surface area contributed by atoms with E-state index in [-0.39, 0.29) is 12.4 Å². The molecule has 0 bridgehead atoms. The van der Waals surface area contributed by atoms with Crippen molar-refractivity contribution >= 4 is 12.4 Å². The molecule has 3 heterocycles. The van der Waals surface area contributed by atoms with Gasteiger partial charge in [0.1, 0.15) is 0 Å². The fourth-order valence-corrected chi connectivity index (χ4v) is 3.85. The summed E-state index contributed by atoms with van der Waals surface area (Å²) < 4.78 is 2.06. The van der Waals surface area contributed by atoms with Crippen LogP contribution in [0.25, 0.3) is 11.3 Å². The van der Waals surface area contributed by atoms with Gasteiger partial charge in [-0.15, -0.1) is 12.4 Å². The van der Waals surface area contributed by atoms with E-state index in [1.54, 1.807) is 0 Å². The standard InChI is InChI=1S/C22H27N5.ClH/c1-23-21-10-6-12-26(17-21)15-20-16-27(14-18-7-3-2-4-8-18)25-22(20)19-9-5-11-24-13-19;/h2-5,7-9,11,13,16,21,23H,6,10,12,14-15,17H2,1H3;1H. The Labute approximate surface area is 173 Å². The highest BCUT2D eigenvalue weighted by Crippen LogP contribution is 2.24. The summed E-state index contributed by atoms with van der Waals surface area (Å²) in [4.78, 5) is 6.83. The van der Waals surface area contributed by atoms with E-state index in [0.29, 0.717) is 6.04 Å². The first-order valence-corrected chi connectivity index (χ1v) is 9.72. The van der Waals surface area contributed by atoms with Crippen molar-refractivity contribution in [3.05, 3.63) is 72.2 Å². The van der Waals surface area contributed by atoms with E-state index in [9.17, 15) is 0 Å². The van der Waals surface area contributed by atoms with Crippen LogP contribution in [0.5, 0.6) is 0 Å². The van der Waals surface area contributed by atoms with Crippen LogP contribution in [0.15, 0.2) is 61.1 Å². The maximum absolute atomic E-state index is 4.91. The van der Waals surface area contributed by atoms with Crippen molar-refractivity contribution in [2.45, 2.75) is 32.0 Å². The second-order valence-electron chi connectivity index (χ2n) is 7.29. The van der Waals surface area contributed by atoms with Crippen LogP contribution in [0.2, 0.25) is 0 Å². The number of aromatic nitrogens is 3. The number of likely N-dealkylation sites (N-methyl/N-ethyl adjacent to an activating group) is 1. The largest absolute Gasteiger partial charge is 0.316 e. The molecular formula is C22H28ClN5. The third-order valence-corrected chi connectivity index (χ3v) is 5.27. The number of nitrogens with one attached hydrogen (secondary N) is 1. The van der Waals surface area contributed by atoms with Crippen LogP contribution in [0.1, 0.15) is 24.0 Å². The number of halogens is 1. The molecule has 1 aliphatic rings. The van der Waals surface area contributed by atoms with Gasteiger partial charge in [-0.25, -0.2) is 0 Å². The molecule has 1 atom stereocenters. The van der Waals surface area contributed by atoms with Gasteiger partial charge in [0.15, 0.2) is 0 Å². The summed E-state index contributed by atoms with van der Waals surface area (Å²) in [7, 11) is 2.06. The number of benzene rings is 1. The molecule has 0 saturated carbocycles. The van der Waals surface area contributed by atoms with Gasteiger partial charge in [0, 0.05) is 48.8 Å². The number of hydrogen-bond acceptors (Lipinski definition) is 4. The molecular weight excluding hydrogens is 370 g/mol.